The Kier molecular flexibility index (Phi) is 18.6. The van der Waals surface area contributed by atoms with Crippen LogP contribution in [0.2, 0.25) is 0 Å². The fourth-order valence-corrected chi connectivity index (χ4v) is 7.73. The van der Waals surface area contributed by atoms with Crippen LogP contribution < -0.4 is 30.7 Å². The molecular formula is C42H55Cl3F2N10O4. The summed E-state index contributed by atoms with van der Waals surface area (Å²) in [6.07, 6.45) is 0. The van der Waals surface area contributed by atoms with Gasteiger partial charge in [-0.1, -0.05) is 36.4 Å². The third kappa shape index (κ3) is 11.5. The van der Waals surface area contributed by atoms with Gasteiger partial charge in [0.25, 0.3) is 0 Å². The Morgan fingerprint density at radius 2 is 1.38 bits per heavy atom. The highest BCUT2D eigenvalue weighted by Gasteiger charge is 2.43. The number of benzene rings is 3. The number of nitrogens with one attached hydrogen (secondary N) is 2. The highest BCUT2D eigenvalue weighted by molar-refractivity contribution is 6.03. The highest BCUT2D eigenvalue weighted by atomic mass is 35.5. The Morgan fingerprint density at radius 1 is 0.803 bits per heavy atom. The van der Waals surface area contributed by atoms with Crippen LogP contribution in [0.15, 0.2) is 78.9 Å². The maximum absolute atomic E-state index is 15.5. The topological polar surface area (TPSA) is 140 Å². The first-order valence-corrected chi connectivity index (χ1v) is 19.7. The summed E-state index contributed by atoms with van der Waals surface area (Å²) in [4.78, 5) is 21.6. The number of aromatic nitrogens is 4. The van der Waals surface area contributed by atoms with Crippen LogP contribution in [0.5, 0.6) is 11.8 Å². The van der Waals surface area contributed by atoms with E-state index in [1.807, 2.05) is 74.5 Å². The Labute approximate surface area is 373 Å². The summed E-state index contributed by atoms with van der Waals surface area (Å²) in [6, 6.07) is 21.3. The zero-order valence-corrected chi connectivity index (χ0v) is 36.9. The number of hydrogen-bond acceptors (Lipinski definition) is 10. The second-order valence-electron chi connectivity index (χ2n) is 14.5. The second-order valence-corrected chi connectivity index (χ2v) is 14.5. The van der Waals surface area contributed by atoms with Crippen LogP contribution in [0.3, 0.4) is 0 Å². The van der Waals surface area contributed by atoms with Crippen LogP contribution in [0, 0.1) is 25.5 Å². The maximum Gasteiger partial charge on any atom is 0.329 e. The van der Waals surface area contributed by atoms with Gasteiger partial charge in [-0.3, -0.25) is 20.0 Å². The van der Waals surface area contributed by atoms with Crippen molar-refractivity contribution in [3.05, 3.63) is 107 Å². The van der Waals surface area contributed by atoms with E-state index in [4.69, 9.17) is 30.1 Å². The quantitative estimate of drug-likeness (QED) is 0.108. The Hall–Kier alpha value is -4.52. The molecule has 0 unspecified atom stereocenters. The van der Waals surface area contributed by atoms with Gasteiger partial charge in [0.15, 0.2) is 0 Å². The van der Waals surface area contributed by atoms with E-state index in [-0.39, 0.29) is 50.4 Å². The summed E-state index contributed by atoms with van der Waals surface area (Å²) in [6.45, 7) is 10.7. The van der Waals surface area contributed by atoms with Crippen LogP contribution >= 0.6 is 37.2 Å². The van der Waals surface area contributed by atoms with Crippen molar-refractivity contribution in [1.29, 1.82) is 0 Å². The second kappa shape index (κ2) is 23.1. The van der Waals surface area contributed by atoms with Gasteiger partial charge < -0.3 is 25.3 Å². The van der Waals surface area contributed by atoms with E-state index in [0.717, 1.165) is 32.2 Å². The molecule has 2 aliphatic heterocycles. The number of hydrogen-bond donors (Lipinski definition) is 3. The van der Waals surface area contributed by atoms with Crippen LogP contribution in [-0.4, -0.2) is 127 Å². The zero-order chi connectivity index (χ0) is 40.6. The van der Waals surface area contributed by atoms with Gasteiger partial charge in [0.05, 0.1) is 35.2 Å². The Bertz CT molecular complexity index is 2120. The van der Waals surface area contributed by atoms with E-state index < -0.39 is 29.6 Å². The number of urea groups is 1. The number of carbonyl (C=O) groups is 1. The number of anilines is 2. The minimum absolute atomic E-state index is 0. The Morgan fingerprint density at radius 3 is 2.00 bits per heavy atom. The number of rotatable bonds is 16. The lowest BCUT2D eigenvalue weighted by molar-refractivity contribution is 0.159. The van der Waals surface area contributed by atoms with Crippen molar-refractivity contribution in [2.75, 3.05) is 96.0 Å². The van der Waals surface area contributed by atoms with Gasteiger partial charge in [0.1, 0.15) is 36.5 Å². The molecule has 2 aromatic heterocycles. The monoisotopic (exact) mass is 906 g/mol. The molecule has 7 rings (SSSR count). The van der Waals surface area contributed by atoms with Gasteiger partial charge in [0.2, 0.25) is 11.8 Å². The normalized spacial score (nSPS) is 16.6. The van der Waals surface area contributed by atoms with E-state index in [9.17, 15) is 8.78 Å². The van der Waals surface area contributed by atoms with Gasteiger partial charge >= 0.3 is 6.03 Å². The lowest BCUT2D eigenvalue weighted by Crippen LogP contribution is -2.48. The molecule has 61 heavy (non-hydrogen) atoms. The highest BCUT2D eigenvalue weighted by Crippen LogP contribution is 2.40. The average Bonchev–Trinajstić information content (AvgIpc) is 3.90. The molecule has 5 aromatic rings. The van der Waals surface area contributed by atoms with Gasteiger partial charge in [-0.05, 0) is 55.8 Å². The van der Waals surface area contributed by atoms with Gasteiger partial charge in [-0.15, -0.1) is 47.4 Å². The molecule has 19 heteroatoms. The van der Waals surface area contributed by atoms with E-state index in [1.165, 1.54) is 12.1 Å². The molecule has 0 radical (unpaired) electrons. The lowest BCUT2D eigenvalue weighted by Gasteiger charge is -2.33. The number of carbonyl (C=O) groups excluding carboxylic acids is 1. The predicted molar refractivity (Wildman–Crippen MR) is 240 cm³/mol. The number of halogens is 5. The van der Waals surface area contributed by atoms with E-state index >= 15 is 4.79 Å². The average molecular weight is 908 g/mol. The number of nitrogens with zero attached hydrogens (tertiary/aromatic N) is 7. The smallest absolute Gasteiger partial charge is 0.329 e. The van der Waals surface area contributed by atoms with Crippen LogP contribution in [0.4, 0.5) is 25.2 Å². The van der Waals surface area contributed by atoms with Crippen molar-refractivity contribution in [3.8, 4) is 23.1 Å². The molecule has 0 spiro atoms. The number of nitrogens with two attached hydrogens (primary N) is 1. The number of amides is 2. The van der Waals surface area contributed by atoms with E-state index in [2.05, 4.69) is 20.4 Å². The van der Waals surface area contributed by atoms with Gasteiger partial charge in [-0.25, -0.2) is 22.9 Å². The first-order valence-electron chi connectivity index (χ1n) is 19.7. The summed E-state index contributed by atoms with van der Waals surface area (Å²) < 4.78 is 51.1. The summed E-state index contributed by atoms with van der Waals surface area (Å²) in [5, 5.41) is 16.3. The van der Waals surface area contributed by atoms with Crippen LogP contribution in [0.25, 0.3) is 11.4 Å². The molecular weight excluding hydrogens is 853 g/mol. The van der Waals surface area contributed by atoms with E-state index in [1.54, 1.807) is 21.4 Å². The van der Waals surface area contributed by atoms with Crippen molar-refractivity contribution in [1.82, 2.24) is 34.7 Å². The molecule has 0 bridgehead atoms. The molecule has 3 aromatic carbocycles. The van der Waals surface area contributed by atoms with Crippen LogP contribution in [-0.2, 0) is 4.74 Å². The molecule has 0 saturated carbocycles. The molecule has 2 saturated heterocycles. The minimum Gasteiger partial charge on any atom is -0.475 e. The summed E-state index contributed by atoms with van der Waals surface area (Å²) >= 11 is 0. The third-order valence-electron chi connectivity index (χ3n) is 10.6. The SMILES string of the molecule is COCCN1C[C@@H](N(C(=O)Nc2c(C)c(OCCN)nn2-c2ccccc2)c2c(C)c(OCCN3CCNCC3)nn2-c2ccccc2)[C@H](c2cc(F)cc(F)c2)C1.Cl.Cl.Cl. The molecule has 2 aliphatic rings. The molecule has 14 nitrogen and oxygen atoms in total. The van der Waals surface area contributed by atoms with Crippen molar-refractivity contribution < 1.29 is 27.8 Å². The standard InChI is InChI=1S/C42H52F2N10O4.3ClH/c1-29-38(53(34-10-6-4-7-11-34)48-39(29)57-21-14-45)47-42(55)52(37-28-51(19-22-56-3)27-36(37)31-24-32(43)26-33(44)25-31)41-30(2)40(49-54(41)35-12-8-5-9-13-35)58-23-20-50-17-15-46-16-18-50;;;/h4-13,24-26,36-37,46H,14-23,27-28,45H2,1-3H3,(H,47,55);3*1H/t36-,37+;;;/m0.../s1. The van der Waals surface area contributed by atoms with Crippen LogP contribution in [0.1, 0.15) is 22.6 Å². The number of ether oxygens (including phenoxy) is 3. The summed E-state index contributed by atoms with van der Waals surface area (Å²) in [7, 11) is 1.63. The largest absolute Gasteiger partial charge is 0.475 e. The molecule has 4 heterocycles. The molecule has 332 valence electrons. The van der Waals surface area contributed by atoms with Crippen molar-refractivity contribution >= 4 is 54.9 Å². The molecule has 2 fully saturated rings. The first kappa shape index (κ1) is 49.1. The van der Waals surface area contributed by atoms with Gasteiger partial charge in [-0.2, -0.15) is 0 Å². The first-order chi connectivity index (χ1) is 28.2. The minimum atomic E-state index is -0.696. The fraction of sp³-hybridized carbons (Fsp3) is 0.405. The number of para-hydroxylation sites is 2. The number of piperazine rings is 1. The predicted octanol–water partition coefficient (Wildman–Crippen LogP) is 5.99. The molecule has 2 amide bonds. The molecule has 4 N–H and O–H groups in total. The Balaban J connectivity index is 0.00000273. The van der Waals surface area contributed by atoms with Gasteiger partial charge in [0, 0.05) is 78.0 Å². The fourth-order valence-electron chi connectivity index (χ4n) is 7.73. The lowest BCUT2D eigenvalue weighted by atomic mass is 9.93. The summed E-state index contributed by atoms with van der Waals surface area (Å²) in [5.41, 5.74) is 8.82. The molecule has 0 aliphatic carbocycles. The maximum atomic E-state index is 15.5. The van der Waals surface area contributed by atoms with Crippen molar-refractivity contribution in [2.45, 2.75) is 25.8 Å². The number of likely N-dealkylation sites (tertiary alicyclic amines) is 1. The van der Waals surface area contributed by atoms with E-state index in [0.29, 0.717) is 90.9 Å². The zero-order valence-electron chi connectivity index (χ0n) is 34.5. The molecule has 2 atom stereocenters. The van der Waals surface area contributed by atoms with Crippen molar-refractivity contribution in [3.63, 3.8) is 0 Å². The number of methoxy groups -OCH3 is 1. The summed E-state index contributed by atoms with van der Waals surface area (Å²) in [5.74, 6) is -0.390. The van der Waals surface area contributed by atoms with Crippen molar-refractivity contribution in [2.24, 2.45) is 5.73 Å². The third-order valence-corrected chi connectivity index (χ3v) is 10.6.